The van der Waals surface area contributed by atoms with E-state index in [1.54, 1.807) is 24.3 Å². The maximum absolute atomic E-state index is 11.5. The fourth-order valence-electron chi connectivity index (χ4n) is 1.79. The van der Waals surface area contributed by atoms with E-state index in [-0.39, 0.29) is 12.5 Å². The number of carbonyl (C=O) groups is 1. The van der Waals surface area contributed by atoms with Gasteiger partial charge in [-0.2, -0.15) is 0 Å². The third-order valence-electron chi connectivity index (χ3n) is 2.60. The minimum Gasteiger partial charge on any atom is -0.353 e. The first-order valence-electron chi connectivity index (χ1n) is 5.97. The van der Waals surface area contributed by atoms with E-state index in [9.17, 15) is 13.6 Å². The minimum absolute atomic E-state index is 0.149. The van der Waals surface area contributed by atoms with Crippen molar-refractivity contribution in [3.8, 4) is 0 Å². The van der Waals surface area contributed by atoms with E-state index in [1.807, 2.05) is 6.08 Å². The van der Waals surface area contributed by atoms with Crippen molar-refractivity contribution in [2.24, 2.45) is 0 Å². The molecule has 0 aliphatic carbocycles. The summed E-state index contributed by atoms with van der Waals surface area (Å²) in [7, 11) is 0. The molecule has 1 unspecified atom stereocenters. The first-order valence-corrected chi connectivity index (χ1v) is 7.04. The highest BCUT2D eigenvalue weighted by atomic mass is 32.2. The molecular formula is C14H18N2O3S. The van der Waals surface area contributed by atoms with E-state index in [0.717, 1.165) is 11.1 Å². The highest BCUT2D eigenvalue weighted by Crippen LogP contribution is 2.26. The van der Waals surface area contributed by atoms with Crippen LogP contribution in [-0.2, 0) is 16.1 Å². The molecule has 1 heterocycles. The van der Waals surface area contributed by atoms with Crippen LogP contribution < -0.4 is 5.32 Å². The molecule has 2 N–H and O–H groups in total. The predicted molar refractivity (Wildman–Crippen MR) is 80.8 cm³/mol. The molecule has 1 rings (SSSR count). The van der Waals surface area contributed by atoms with Gasteiger partial charge in [-0.3, -0.25) is 13.7 Å². The van der Waals surface area contributed by atoms with E-state index in [2.05, 4.69) is 18.5 Å². The Balaban J connectivity index is 3.16. The normalized spacial score (nSPS) is 20.5. The summed E-state index contributed by atoms with van der Waals surface area (Å²) in [5.74, 6) is -0.149. The molecule has 6 heteroatoms. The number of allylic oxidation sites excluding steroid dienone is 5. The van der Waals surface area contributed by atoms with Crippen LogP contribution in [0.3, 0.4) is 0 Å². The van der Waals surface area contributed by atoms with Crippen LogP contribution in [0.1, 0.15) is 6.92 Å². The Bertz CT molecular complexity index is 533. The molecule has 0 saturated carbocycles. The zero-order chi connectivity index (χ0) is 15.1. The Morgan fingerprint density at radius 2 is 2.15 bits per heavy atom. The average Bonchev–Trinajstić information content (AvgIpc) is 2.38. The molecular weight excluding hydrogens is 276 g/mol. The van der Waals surface area contributed by atoms with Crippen LogP contribution in [0.4, 0.5) is 0 Å². The molecule has 0 aromatic carbocycles. The molecule has 1 atom stereocenters. The molecule has 0 aromatic heterocycles. The maximum Gasteiger partial charge on any atom is 0.262 e. The van der Waals surface area contributed by atoms with Crippen molar-refractivity contribution in [1.82, 2.24) is 9.62 Å². The zero-order valence-corrected chi connectivity index (χ0v) is 12.2. The van der Waals surface area contributed by atoms with Gasteiger partial charge in [-0.15, -0.1) is 0 Å². The monoisotopic (exact) mass is 294 g/mol. The van der Waals surface area contributed by atoms with Crippen LogP contribution >= 0.6 is 0 Å². The maximum atomic E-state index is 11.5. The lowest BCUT2D eigenvalue weighted by atomic mass is 10.0. The molecule has 108 valence electrons. The van der Waals surface area contributed by atoms with Crippen molar-refractivity contribution in [3.05, 3.63) is 60.4 Å². The van der Waals surface area contributed by atoms with E-state index >= 15 is 0 Å². The molecule has 20 heavy (non-hydrogen) atoms. The van der Waals surface area contributed by atoms with Gasteiger partial charge in [0.15, 0.2) is 0 Å². The fraction of sp³-hybridized carbons (Fsp3) is 0.214. The average molecular weight is 294 g/mol. The van der Waals surface area contributed by atoms with Crippen molar-refractivity contribution in [1.29, 1.82) is 0 Å². The number of hydrogen-bond donors (Lipinski definition) is 2. The number of rotatable bonds is 5. The number of carbonyl (C=O) groups excluding carboxylic acids is 1. The van der Waals surface area contributed by atoms with Crippen LogP contribution in [-0.4, -0.2) is 32.1 Å². The summed E-state index contributed by atoms with van der Waals surface area (Å²) in [5, 5.41) is 2.68. The molecule has 1 amide bonds. The Morgan fingerprint density at radius 3 is 2.65 bits per heavy atom. The highest BCUT2D eigenvalue weighted by Gasteiger charge is 2.23. The summed E-state index contributed by atoms with van der Waals surface area (Å²) < 4.78 is 22.2. The summed E-state index contributed by atoms with van der Waals surface area (Å²) in [6, 6.07) is 0. The lowest BCUT2D eigenvalue weighted by Crippen LogP contribution is -2.35. The van der Waals surface area contributed by atoms with Gasteiger partial charge in [0.1, 0.15) is 0 Å². The van der Waals surface area contributed by atoms with Gasteiger partial charge in [-0.05, 0) is 17.2 Å². The smallest absolute Gasteiger partial charge is 0.262 e. The van der Waals surface area contributed by atoms with E-state index < -0.39 is 11.3 Å². The number of amides is 1. The molecule has 5 nitrogen and oxygen atoms in total. The molecule has 0 aromatic rings. The number of nitrogens with zero attached hydrogens (tertiary/aromatic N) is 1. The van der Waals surface area contributed by atoms with Crippen molar-refractivity contribution in [3.63, 3.8) is 0 Å². The predicted octanol–water partition coefficient (Wildman–Crippen LogP) is 1.68. The Labute approximate surface area is 121 Å². The minimum atomic E-state index is -2.15. The largest absolute Gasteiger partial charge is 0.353 e. The summed E-state index contributed by atoms with van der Waals surface area (Å²) in [6.45, 7) is 9.26. The number of nitrogens with one attached hydrogen (secondary N) is 1. The zero-order valence-electron chi connectivity index (χ0n) is 11.3. The van der Waals surface area contributed by atoms with E-state index in [0.29, 0.717) is 12.2 Å². The Morgan fingerprint density at radius 1 is 1.50 bits per heavy atom. The SMILES string of the molecule is C=C/C=C1/C=C(CNC(C)=O)CN(S(=O)O)/C1=C/C=C. The second-order valence-electron chi connectivity index (χ2n) is 4.12. The molecule has 0 saturated heterocycles. The van der Waals surface area contributed by atoms with Gasteiger partial charge in [-0.25, -0.2) is 4.21 Å². The molecule has 1 aliphatic heterocycles. The van der Waals surface area contributed by atoms with Gasteiger partial charge >= 0.3 is 0 Å². The van der Waals surface area contributed by atoms with E-state index in [1.165, 1.54) is 11.2 Å². The third kappa shape index (κ3) is 4.32. The quantitative estimate of drug-likeness (QED) is 0.758. The second kappa shape index (κ2) is 7.62. The second-order valence-corrected chi connectivity index (χ2v) is 5.03. The summed E-state index contributed by atoms with van der Waals surface area (Å²) in [4.78, 5) is 11.0. The molecule has 0 radical (unpaired) electrons. The van der Waals surface area contributed by atoms with Gasteiger partial charge in [0.05, 0.1) is 12.2 Å². The first kappa shape index (κ1) is 16.1. The Hall–Kier alpha value is -1.92. The fourth-order valence-corrected chi connectivity index (χ4v) is 2.40. The van der Waals surface area contributed by atoms with Crippen molar-refractivity contribution >= 4 is 17.2 Å². The lowest BCUT2D eigenvalue weighted by Gasteiger charge is -2.29. The van der Waals surface area contributed by atoms with Crippen LogP contribution in [0.5, 0.6) is 0 Å². The molecule has 0 bridgehead atoms. The van der Waals surface area contributed by atoms with Crippen molar-refractivity contribution in [2.75, 3.05) is 13.1 Å². The standard InChI is InChI=1S/C14H18N2O3S/c1-4-6-13-8-12(9-15-11(3)17)10-16(20(18)19)14(13)7-5-2/h4-8H,1-2,9-10H2,3H3,(H,15,17)(H,18,19)/b13-6-,14-7+. The van der Waals surface area contributed by atoms with Gasteiger partial charge in [0, 0.05) is 13.5 Å². The lowest BCUT2D eigenvalue weighted by molar-refractivity contribution is -0.118. The summed E-state index contributed by atoms with van der Waals surface area (Å²) in [6.07, 6.45) is 8.43. The summed E-state index contributed by atoms with van der Waals surface area (Å²) >= 11 is -2.15. The van der Waals surface area contributed by atoms with Crippen LogP contribution in [0.2, 0.25) is 0 Å². The van der Waals surface area contributed by atoms with Crippen molar-refractivity contribution in [2.45, 2.75) is 6.92 Å². The van der Waals surface area contributed by atoms with Gasteiger partial charge in [0.2, 0.25) is 5.91 Å². The van der Waals surface area contributed by atoms with Crippen LogP contribution in [0.25, 0.3) is 0 Å². The van der Waals surface area contributed by atoms with Crippen molar-refractivity contribution < 1.29 is 13.6 Å². The van der Waals surface area contributed by atoms with E-state index in [4.69, 9.17) is 0 Å². The first-order chi connectivity index (χ1) is 9.49. The Kier molecular flexibility index (Phi) is 6.14. The van der Waals surface area contributed by atoms with Gasteiger partial charge in [-0.1, -0.05) is 37.5 Å². The van der Waals surface area contributed by atoms with Crippen LogP contribution in [0.15, 0.2) is 60.4 Å². The topological polar surface area (TPSA) is 69.6 Å². The summed E-state index contributed by atoms with van der Waals surface area (Å²) in [5.41, 5.74) is 2.16. The molecule has 1 aliphatic rings. The molecule has 0 spiro atoms. The molecule has 0 fully saturated rings. The third-order valence-corrected chi connectivity index (χ3v) is 3.30. The number of hydrogen-bond acceptors (Lipinski definition) is 2. The van der Waals surface area contributed by atoms with Gasteiger partial charge < -0.3 is 5.32 Å². The van der Waals surface area contributed by atoms with Crippen LogP contribution in [0, 0.1) is 0 Å². The van der Waals surface area contributed by atoms with Gasteiger partial charge in [0.25, 0.3) is 11.3 Å². The highest BCUT2D eigenvalue weighted by molar-refractivity contribution is 7.76.